The topological polar surface area (TPSA) is 37.2 Å². The fraction of sp³-hybridized carbons (Fsp3) is 0.0361. The summed E-state index contributed by atoms with van der Waals surface area (Å²) in [5, 5.41) is 21.3. The molecule has 0 saturated heterocycles. The Labute approximate surface area is 504 Å². The minimum Gasteiger partial charge on any atom is -0.455 e. The number of furan rings is 2. The van der Waals surface area contributed by atoms with Crippen LogP contribution in [0, 0.1) is 0 Å². The molecule has 4 heterocycles. The Kier molecular flexibility index (Phi) is 9.46. The lowest BCUT2D eigenvalue weighted by molar-refractivity contribution is 0.666. The van der Waals surface area contributed by atoms with Crippen LogP contribution in [0.4, 0.5) is 34.1 Å². The summed E-state index contributed by atoms with van der Waals surface area (Å²) in [7, 11) is 0. The first-order valence-corrected chi connectivity index (χ1v) is 30.5. The summed E-state index contributed by atoms with van der Waals surface area (Å²) in [5.74, 6) is 0. The maximum absolute atomic E-state index is 6.72. The van der Waals surface area contributed by atoms with Crippen molar-refractivity contribution in [3.05, 3.63) is 284 Å². The maximum atomic E-state index is 6.72. The van der Waals surface area contributed by atoms with Crippen LogP contribution in [-0.2, 0) is 5.41 Å². The SMILES string of the molecule is CC1(C)c2cc(N(c3ccc4ccccc4c3)c3ccc4oc5c6ccccc6ccc5c4c3)ccc2-c2ccc3c(ccc4c5ccc(N(c6ccc7ccccc7c6)c6ccc7oc8c9ccccc9ccc8c7c6)c6c7ccccc7n(c34)c56)c21. The maximum Gasteiger partial charge on any atom is 0.143 e. The zero-order valence-electron chi connectivity index (χ0n) is 48.1. The van der Waals surface area contributed by atoms with Crippen molar-refractivity contribution in [1.29, 1.82) is 0 Å². The van der Waals surface area contributed by atoms with Gasteiger partial charge in [0.15, 0.2) is 0 Å². The average molecular weight is 1120 g/mol. The second-order valence-electron chi connectivity index (χ2n) is 24.7. The van der Waals surface area contributed by atoms with E-state index in [0.29, 0.717) is 0 Å². The molecule has 1 aliphatic carbocycles. The average Bonchev–Trinajstić information content (AvgIpc) is 1.53. The molecule has 0 aliphatic heterocycles. The Morgan fingerprint density at radius 2 is 0.750 bits per heavy atom. The summed E-state index contributed by atoms with van der Waals surface area (Å²) in [6.45, 7) is 4.86. The summed E-state index contributed by atoms with van der Waals surface area (Å²) in [4.78, 5) is 4.91. The number of aromatic nitrogens is 1. The van der Waals surface area contributed by atoms with Crippen molar-refractivity contribution in [2.45, 2.75) is 19.3 Å². The highest BCUT2D eigenvalue weighted by Gasteiger charge is 2.38. The van der Waals surface area contributed by atoms with E-state index < -0.39 is 0 Å². The van der Waals surface area contributed by atoms with Gasteiger partial charge in [0.1, 0.15) is 22.3 Å². The molecule has 1 aliphatic rings. The van der Waals surface area contributed by atoms with Gasteiger partial charge in [-0.15, -0.1) is 0 Å². The fourth-order valence-corrected chi connectivity index (χ4v) is 15.8. The molecule has 4 aromatic heterocycles. The Bertz CT molecular complexity index is 6250. The van der Waals surface area contributed by atoms with Crippen LogP contribution in [0.3, 0.4) is 0 Å². The van der Waals surface area contributed by atoms with Crippen LogP contribution in [0.15, 0.2) is 282 Å². The number of para-hydroxylation sites is 1. The van der Waals surface area contributed by atoms with E-state index in [9.17, 15) is 0 Å². The molecule has 15 aromatic carbocycles. The summed E-state index contributed by atoms with van der Waals surface area (Å²) in [6.07, 6.45) is 0. The summed E-state index contributed by atoms with van der Waals surface area (Å²) in [5.41, 5.74) is 18.7. The lowest BCUT2D eigenvalue weighted by atomic mass is 9.80. The molecule has 0 atom stereocenters. The number of nitrogens with zero attached hydrogens (tertiary/aromatic N) is 3. The molecular weight excluding hydrogens is 1070 g/mol. The first-order chi connectivity index (χ1) is 43.4. The second kappa shape index (κ2) is 17.4. The molecule has 20 rings (SSSR count). The molecule has 5 nitrogen and oxygen atoms in total. The number of fused-ring (bicyclic) bond motifs is 24. The molecule has 0 fully saturated rings. The molecule has 19 aromatic rings. The third-order valence-electron chi connectivity index (χ3n) is 19.8. The minimum absolute atomic E-state index is 0.350. The van der Waals surface area contributed by atoms with Gasteiger partial charge in [0.25, 0.3) is 0 Å². The van der Waals surface area contributed by atoms with E-state index in [1.54, 1.807) is 0 Å². The molecule has 0 unspecified atom stereocenters. The highest BCUT2D eigenvalue weighted by molar-refractivity contribution is 6.31. The van der Waals surface area contributed by atoms with E-state index in [2.05, 4.69) is 301 Å². The van der Waals surface area contributed by atoms with Crippen molar-refractivity contribution in [1.82, 2.24) is 4.40 Å². The highest BCUT2D eigenvalue weighted by atomic mass is 16.3. The first kappa shape index (κ1) is 47.9. The zero-order valence-corrected chi connectivity index (χ0v) is 48.1. The van der Waals surface area contributed by atoms with E-state index in [4.69, 9.17) is 8.83 Å². The summed E-state index contributed by atoms with van der Waals surface area (Å²) >= 11 is 0. The number of anilines is 6. The van der Waals surface area contributed by atoms with Crippen LogP contribution in [0.25, 0.3) is 147 Å². The van der Waals surface area contributed by atoms with Gasteiger partial charge in [-0.25, -0.2) is 0 Å². The molecule has 5 heteroatoms. The fourth-order valence-electron chi connectivity index (χ4n) is 15.8. The van der Waals surface area contributed by atoms with Crippen molar-refractivity contribution in [3.8, 4) is 11.1 Å². The van der Waals surface area contributed by atoms with Crippen LogP contribution in [0.5, 0.6) is 0 Å². The van der Waals surface area contributed by atoms with E-state index in [1.807, 2.05) is 0 Å². The van der Waals surface area contributed by atoms with E-state index in [1.165, 1.54) is 103 Å². The lowest BCUT2D eigenvalue weighted by Gasteiger charge is -2.28. The van der Waals surface area contributed by atoms with Gasteiger partial charge in [0, 0.05) is 93.1 Å². The smallest absolute Gasteiger partial charge is 0.143 e. The van der Waals surface area contributed by atoms with E-state index in [-0.39, 0.29) is 5.41 Å². The van der Waals surface area contributed by atoms with Crippen molar-refractivity contribution in [2.75, 3.05) is 9.80 Å². The van der Waals surface area contributed by atoms with Crippen LogP contribution in [-0.4, -0.2) is 4.40 Å². The molecule has 410 valence electrons. The van der Waals surface area contributed by atoms with Crippen LogP contribution in [0.2, 0.25) is 0 Å². The molecule has 0 bridgehead atoms. The lowest BCUT2D eigenvalue weighted by Crippen LogP contribution is -2.17. The molecule has 0 amide bonds. The minimum atomic E-state index is -0.350. The number of benzene rings is 15. The van der Waals surface area contributed by atoms with Gasteiger partial charge >= 0.3 is 0 Å². The highest BCUT2D eigenvalue weighted by Crippen LogP contribution is 2.56. The van der Waals surface area contributed by atoms with E-state index in [0.717, 1.165) is 88.8 Å². The Balaban J connectivity index is 0.769. The predicted molar refractivity (Wildman–Crippen MR) is 370 cm³/mol. The normalized spacial score (nSPS) is 13.2. The molecule has 0 saturated carbocycles. The Morgan fingerprint density at radius 3 is 1.41 bits per heavy atom. The first-order valence-electron chi connectivity index (χ1n) is 30.5. The van der Waals surface area contributed by atoms with Crippen molar-refractivity contribution >= 4 is 170 Å². The van der Waals surface area contributed by atoms with E-state index >= 15 is 0 Å². The number of hydrogen-bond acceptors (Lipinski definition) is 4. The van der Waals surface area contributed by atoms with Gasteiger partial charge in [-0.3, -0.25) is 0 Å². The summed E-state index contributed by atoms with van der Waals surface area (Å²) < 4.78 is 16.0. The number of hydrogen-bond donors (Lipinski definition) is 0. The second-order valence-corrected chi connectivity index (χ2v) is 24.7. The van der Waals surface area contributed by atoms with Gasteiger partial charge in [-0.1, -0.05) is 190 Å². The Morgan fingerprint density at radius 1 is 0.307 bits per heavy atom. The third-order valence-corrected chi connectivity index (χ3v) is 19.8. The van der Waals surface area contributed by atoms with Crippen LogP contribution < -0.4 is 9.80 Å². The van der Waals surface area contributed by atoms with Crippen molar-refractivity contribution in [3.63, 3.8) is 0 Å². The quantitative estimate of drug-likeness (QED) is 0.166. The standard InChI is InChI=1S/C83H51N3O2/c1-83(2)72-47-58(84(54-27-23-48-13-3-5-17-52(48)43-54)56-30-41-75-70(45-56)67-32-25-50-15-7-9-19-59(50)81(67)87-75)29-34-61(72)62-35-37-64-63(78(62)83)36-38-65-66-39-40-74(77-69-21-11-12-22-73(69)86(79(64)65)80(66)77)85(55-28-24-49-14-4-6-18-53(49)44-55)57-31-42-76-71(46-57)68-33-26-51-16-8-10-20-60(51)82(68)88-76/h3-47H,1-2H3. The van der Waals surface area contributed by atoms with Gasteiger partial charge in [0.2, 0.25) is 0 Å². The van der Waals surface area contributed by atoms with Crippen molar-refractivity contribution in [2.24, 2.45) is 0 Å². The molecule has 0 radical (unpaired) electrons. The van der Waals surface area contributed by atoms with Crippen LogP contribution >= 0.6 is 0 Å². The molecule has 88 heavy (non-hydrogen) atoms. The van der Waals surface area contributed by atoms with Gasteiger partial charge < -0.3 is 23.0 Å². The van der Waals surface area contributed by atoms with Gasteiger partial charge in [0.05, 0.1) is 22.2 Å². The summed E-state index contributed by atoms with van der Waals surface area (Å²) in [6, 6.07) is 101. The molecule has 0 N–H and O–H groups in total. The number of rotatable bonds is 6. The van der Waals surface area contributed by atoms with Gasteiger partial charge in [-0.2, -0.15) is 0 Å². The largest absolute Gasteiger partial charge is 0.455 e. The molecule has 0 spiro atoms. The predicted octanol–water partition coefficient (Wildman–Crippen LogP) is 23.6. The van der Waals surface area contributed by atoms with Crippen LogP contribution in [0.1, 0.15) is 25.0 Å². The Hall–Kier alpha value is -11.4. The van der Waals surface area contributed by atoms with Crippen molar-refractivity contribution < 1.29 is 8.83 Å². The molecular formula is C83H51N3O2. The monoisotopic (exact) mass is 1120 g/mol. The van der Waals surface area contributed by atoms with Gasteiger partial charge in [-0.05, 0) is 157 Å². The zero-order chi connectivity index (χ0) is 57.7. The third kappa shape index (κ3) is 6.49.